The highest BCUT2D eigenvalue weighted by Gasteiger charge is 2.18. The van der Waals surface area contributed by atoms with E-state index in [-0.39, 0.29) is 11.1 Å². The van der Waals surface area contributed by atoms with Crippen LogP contribution < -0.4 is 10.7 Å². The number of carbonyl (C=O) groups is 1. The number of rotatable bonds is 2. The van der Waals surface area contributed by atoms with E-state index in [0.29, 0.717) is 16.0 Å². The van der Waals surface area contributed by atoms with Gasteiger partial charge in [0.2, 0.25) is 5.43 Å². The molecule has 0 spiro atoms. The van der Waals surface area contributed by atoms with E-state index in [0.717, 1.165) is 15.8 Å². The Labute approximate surface area is 146 Å². The van der Waals surface area contributed by atoms with Gasteiger partial charge in [-0.2, -0.15) is 5.10 Å². The fourth-order valence-electron chi connectivity index (χ4n) is 2.71. The molecule has 2 heterocycles. The molecule has 0 atom stereocenters. The van der Waals surface area contributed by atoms with Crippen LogP contribution in [0.3, 0.4) is 0 Å². The summed E-state index contributed by atoms with van der Waals surface area (Å²) in [6, 6.07) is 13.0. The molecule has 6 nitrogen and oxygen atoms in total. The Balaban J connectivity index is 1.74. The highest BCUT2D eigenvalue weighted by Crippen LogP contribution is 2.26. The first-order valence-electron chi connectivity index (χ1n) is 7.67. The van der Waals surface area contributed by atoms with Gasteiger partial charge in [0.25, 0.3) is 5.91 Å². The number of carbonyl (C=O) groups excluding carboxylic acids is 1. The third-order valence-corrected chi connectivity index (χ3v) is 4.88. The van der Waals surface area contributed by atoms with Crippen LogP contribution in [0.1, 0.15) is 16.1 Å². The van der Waals surface area contributed by atoms with Crippen LogP contribution in [0.15, 0.2) is 47.3 Å². The van der Waals surface area contributed by atoms with Gasteiger partial charge in [0, 0.05) is 12.4 Å². The number of aromatic nitrogens is 3. The molecule has 1 N–H and O–H groups in total. The highest BCUT2D eigenvalue weighted by molar-refractivity contribution is 7.22. The number of fused-ring (bicyclic) bond motifs is 2. The van der Waals surface area contributed by atoms with Crippen molar-refractivity contribution in [3.8, 4) is 0 Å². The Morgan fingerprint density at radius 1 is 1.20 bits per heavy atom. The van der Waals surface area contributed by atoms with Crippen LogP contribution in [0.25, 0.3) is 21.1 Å². The van der Waals surface area contributed by atoms with Gasteiger partial charge < -0.3 is 0 Å². The summed E-state index contributed by atoms with van der Waals surface area (Å²) in [4.78, 5) is 29.5. The van der Waals surface area contributed by atoms with Crippen LogP contribution in [0.4, 0.5) is 5.13 Å². The zero-order valence-corrected chi connectivity index (χ0v) is 14.4. The zero-order chi connectivity index (χ0) is 17.6. The Bertz CT molecular complexity index is 1190. The van der Waals surface area contributed by atoms with Crippen molar-refractivity contribution in [3.63, 3.8) is 0 Å². The molecule has 2 aromatic heterocycles. The standard InChI is InChI=1S/C18H14N4O2S/c1-10-7-8-12-14(9-10)25-18(19-12)20-17(24)15-16(23)11-5-3-4-6-13(11)22(2)21-15/h3-9H,1-2H3,(H,19,20,24). The lowest BCUT2D eigenvalue weighted by molar-refractivity contribution is 0.101. The molecule has 0 aliphatic heterocycles. The molecule has 0 radical (unpaired) electrons. The molecule has 4 rings (SSSR count). The van der Waals surface area contributed by atoms with Gasteiger partial charge in [-0.25, -0.2) is 4.98 Å². The molecular formula is C18H14N4O2S. The Morgan fingerprint density at radius 3 is 2.84 bits per heavy atom. The minimum atomic E-state index is -0.554. The molecule has 0 fully saturated rings. The van der Waals surface area contributed by atoms with Crippen molar-refractivity contribution >= 4 is 43.5 Å². The van der Waals surface area contributed by atoms with Gasteiger partial charge in [-0.3, -0.25) is 19.6 Å². The second kappa shape index (κ2) is 5.78. The number of nitrogens with one attached hydrogen (secondary N) is 1. The maximum Gasteiger partial charge on any atom is 0.281 e. The number of para-hydroxylation sites is 1. The molecule has 4 aromatic rings. The fourth-order valence-corrected chi connectivity index (χ4v) is 3.67. The number of amides is 1. The lowest BCUT2D eigenvalue weighted by Crippen LogP contribution is -2.26. The van der Waals surface area contributed by atoms with Crippen molar-refractivity contribution in [2.75, 3.05) is 5.32 Å². The predicted octanol–water partition coefficient (Wildman–Crippen LogP) is 3.10. The maximum absolute atomic E-state index is 12.6. The van der Waals surface area contributed by atoms with E-state index in [1.165, 1.54) is 16.0 Å². The van der Waals surface area contributed by atoms with Crippen molar-refractivity contribution in [3.05, 3.63) is 63.9 Å². The fraction of sp³-hybridized carbons (Fsp3) is 0.111. The first-order valence-corrected chi connectivity index (χ1v) is 8.49. The van der Waals surface area contributed by atoms with E-state index in [4.69, 9.17) is 0 Å². The SMILES string of the molecule is Cc1ccc2nc(NC(=O)c3nn(C)c4ccccc4c3=O)sc2c1. The van der Waals surface area contributed by atoms with Crippen molar-refractivity contribution < 1.29 is 4.79 Å². The molecule has 0 saturated heterocycles. The van der Waals surface area contributed by atoms with E-state index in [1.807, 2.05) is 31.2 Å². The monoisotopic (exact) mass is 350 g/mol. The van der Waals surface area contributed by atoms with E-state index in [9.17, 15) is 9.59 Å². The maximum atomic E-state index is 12.6. The van der Waals surface area contributed by atoms with Crippen LogP contribution in [0.5, 0.6) is 0 Å². The molecule has 0 bridgehead atoms. The normalized spacial score (nSPS) is 11.1. The molecule has 1 amide bonds. The number of benzene rings is 2. The minimum Gasteiger partial charge on any atom is -0.296 e. The van der Waals surface area contributed by atoms with Gasteiger partial charge in [0.05, 0.1) is 15.7 Å². The van der Waals surface area contributed by atoms with Crippen molar-refractivity contribution in [2.24, 2.45) is 7.05 Å². The summed E-state index contributed by atoms with van der Waals surface area (Å²) in [6.45, 7) is 2.00. The number of nitrogens with zero attached hydrogens (tertiary/aromatic N) is 3. The smallest absolute Gasteiger partial charge is 0.281 e. The van der Waals surface area contributed by atoms with Crippen molar-refractivity contribution in [1.29, 1.82) is 0 Å². The summed E-state index contributed by atoms with van der Waals surface area (Å²) in [5, 5.41) is 7.74. The third kappa shape index (κ3) is 2.68. The van der Waals surface area contributed by atoms with Crippen LogP contribution in [0, 0.1) is 6.92 Å². The van der Waals surface area contributed by atoms with Crippen LogP contribution in [-0.2, 0) is 7.05 Å². The second-order valence-electron chi connectivity index (χ2n) is 5.76. The number of aryl methyl sites for hydroxylation is 2. The number of anilines is 1. The summed E-state index contributed by atoms with van der Waals surface area (Å²) >= 11 is 1.37. The van der Waals surface area contributed by atoms with Crippen LogP contribution >= 0.6 is 11.3 Å². The van der Waals surface area contributed by atoms with Crippen LogP contribution in [0.2, 0.25) is 0 Å². The third-order valence-electron chi connectivity index (χ3n) is 3.94. The molecule has 25 heavy (non-hydrogen) atoms. The quantitative estimate of drug-likeness (QED) is 0.603. The lowest BCUT2D eigenvalue weighted by Gasteiger charge is -2.07. The number of hydrogen-bond donors (Lipinski definition) is 1. The van der Waals surface area contributed by atoms with Gasteiger partial charge in [0.15, 0.2) is 10.8 Å². The lowest BCUT2D eigenvalue weighted by atomic mass is 10.2. The van der Waals surface area contributed by atoms with E-state index in [1.54, 1.807) is 25.2 Å². The topological polar surface area (TPSA) is 76.9 Å². The second-order valence-corrected chi connectivity index (χ2v) is 6.79. The van der Waals surface area contributed by atoms with E-state index >= 15 is 0 Å². The number of thiazole rings is 1. The summed E-state index contributed by atoms with van der Waals surface area (Å²) in [6.07, 6.45) is 0. The molecule has 124 valence electrons. The molecular weight excluding hydrogens is 336 g/mol. The van der Waals surface area contributed by atoms with E-state index in [2.05, 4.69) is 15.4 Å². The Kier molecular flexibility index (Phi) is 3.58. The minimum absolute atomic E-state index is 0.142. The molecule has 0 unspecified atom stereocenters. The summed E-state index contributed by atoms with van der Waals surface area (Å²) < 4.78 is 2.52. The first-order chi connectivity index (χ1) is 12.0. The summed E-state index contributed by atoms with van der Waals surface area (Å²) in [5.41, 5.74) is 2.09. The van der Waals surface area contributed by atoms with Crippen molar-refractivity contribution in [2.45, 2.75) is 6.92 Å². The van der Waals surface area contributed by atoms with Crippen molar-refractivity contribution in [1.82, 2.24) is 14.8 Å². The van der Waals surface area contributed by atoms with Gasteiger partial charge in [-0.05, 0) is 36.8 Å². The predicted molar refractivity (Wildman–Crippen MR) is 99.3 cm³/mol. The highest BCUT2D eigenvalue weighted by atomic mass is 32.1. The number of hydrogen-bond acceptors (Lipinski definition) is 5. The zero-order valence-electron chi connectivity index (χ0n) is 13.6. The Hall–Kier alpha value is -3.06. The molecule has 0 aliphatic carbocycles. The summed E-state index contributed by atoms with van der Waals surface area (Å²) in [5.74, 6) is -0.554. The largest absolute Gasteiger partial charge is 0.296 e. The van der Waals surface area contributed by atoms with Gasteiger partial charge >= 0.3 is 0 Å². The molecule has 0 aliphatic rings. The van der Waals surface area contributed by atoms with Gasteiger partial charge in [-0.15, -0.1) is 0 Å². The summed E-state index contributed by atoms with van der Waals surface area (Å²) in [7, 11) is 1.71. The molecule has 0 saturated carbocycles. The average molecular weight is 350 g/mol. The first kappa shape index (κ1) is 15.5. The molecule has 7 heteroatoms. The van der Waals surface area contributed by atoms with Gasteiger partial charge in [0.1, 0.15) is 0 Å². The average Bonchev–Trinajstić information content (AvgIpc) is 2.99. The molecule has 2 aromatic carbocycles. The Morgan fingerprint density at radius 2 is 2.00 bits per heavy atom. The van der Waals surface area contributed by atoms with Gasteiger partial charge in [-0.1, -0.05) is 29.5 Å². The van der Waals surface area contributed by atoms with Crippen LogP contribution in [-0.4, -0.2) is 20.7 Å². The van der Waals surface area contributed by atoms with E-state index < -0.39 is 5.91 Å².